The van der Waals surface area contributed by atoms with Crippen LogP contribution in [0.25, 0.3) is 11.0 Å². The molecular formula is C19H18N6S. The van der Waals surface area contributed by atoms with Crippen molar-refractivity contribution in [3.05, 3.63) is 41.9 Å². The van der Waals surface area contributed by atoms with Crippen LogP contribution < -0.4 is 4.90 Å². The van der Waals surface area contributed by atoms with E-state index in [2.05, 4.69) is 43.7 Å². The van der Waals surface area contributed by atoms with Crippen LogP contribution in [0.15, 0.2) is 35.6 Å². The number of fused-ring (bicyclic) bond motifs is 1. The van der Waals surface area contributed by atoms with Gasteiger partial charge in [0.05, 0.1) is 23.3 Å². The largest absolute Gasteiger partial charge is 0.351 e. The van der Waals surface area contributed by atoms with Crippen LogP contribution in [0.5, 0.6) is 0 Å². The molecule has 1 aliphatic heterocycles. The number of hydrogen-bond donors (Lipinski definition) is 0. The first-order valence-electron chi connectivity index (χ1n) is 8.81. The van der Waals surface area contributed by atoms with E-state index >= 15 is 0 Å². The quantitative estimate of drug-likeness (QED) is 0.523. The van der Waals surface area contributed by atoms with Crippen LogP contribution in [0.3, 0.4) is 0 Å². The Morgan fingerprint density at radius 1 is 1.19 bits per heavy atom. The van der Waals surface area contributed by atoms with E-state index in [4.69, 9.17) is 4.98 Å². The molecular weight excluding hydrogens is 344 g/mol. The van der Waals surface area contributed by atoms with Gasteiger partial charge in [-0.2, -0.15) is 5.26 Å². The lowest BCUT2D eigenvalue weighted by molar-refractivity contribution is 0.394. The number of hydrogen-bond acceptors (Lipinski definition) is 6. The van der Waals surface area contributed by atoms with E-state index in [0.29, 0.717) is 22.7 Å². The van der Waals surface area contributed by atoms with E-state index < -0.39 is 0 Å². The molecule has 0 unspecified atom stereocenters. The molecule has 6 nitrogen and oxygen atoms in total. The minimum Gasteiger partial charge on any atom is -0.351 e. The van der Waals surface area contributed by atoms with Crippen molar-refractivity contribution in [3.63, 3.8) is 0 Å². The summed E-state index contributed by atoms with van der Waals surface area (Å²) in [4.78, 5) is 15.9. The highest BCUT2D eigenvalue weighted by Gasteiger charge is 2.37. The van der Waals surface area contributed by atoms with Gasteiger partial charge in [-0.1, -0.05) is 23.9 Å². The fourth-order valence-corrected chi connectivity index (χ4v) is 3.98. The molecule has 1 aromatic carbocycles. The number of thioether (sulfide) groups is 1. The maximum Gasteiger partial charge on any atom is 0.189 e. The highest BCUT2D eigenvalue weighted by molar-refractivity contribution is 7.98. The van der Waals surface area contributed by atoms with Crippen molar-refractivity contribution in [1.29, 1.82) is 5.26 Å². The summed E-state index contributed by atoms with van der Waals surface area (Å²) in [6.45, 7) is 1.69. The lowest BCUT2D eigenvalue weighted by Crippen LogP contribution is -2.49. The predicted molar refractivity (Wildman–Crippen MR) is 101 cm³/mol. The second-order valence-corrected chi connectivity index (χ2v) is 7.64. The number of benzene rings is 1. The van der Waals surface area contributed by atoms with E-state index in [-0.39, 0.29) is 0 Å². The molecule has 1 aliphatic carbocycles. The molecule has 0 spiro atoms. The van der Waals surface area contributed by atoms with Crippen LogP contribution in [-0.4, -0.2) is 38.9 Å². The second kappa shape index (κ2) is 5.99. The van der Waals surface area contributed by atoms with E-state index in [9.17, 15) is 5.26 Å². The van der Waals surface area contributed by atoms with Gasteiger partial charge < -0.3 is 9.47 Å². The van der Waals surface area contributed by atoms with Crippen molar-refractivity contribution >= 4 is 28.6 Å². The number of rotatable bonds is 4. The second-order valence-electron chi connectivity index (χ2n) is 6.87. The number of aromatic nitrogens is 4. The first kappa shape index (κ1) is 15.6. The molecule has 0 radical (unpaired) electrons. The van der Waals surface area contributed by atoms with E-state index in [1.165, 1.54) is 35.9 Å². The highest BCUT2D eigenvalue weighted by Crippen LogP contribution is 2.43. The van der Waals surface area contributed by atoms with Crippen LogP contribution in [0.2, 0.25) is 0 Å². The Balaban J connectivity index is 1.47. The Hall–Kier alpha value is -2.59. The van der Waals surface area contributed by atoms with Crippen molar-refractivity contribution in [2.75, 3.05) is 24.2 Å². The third-order valence-corrected chi connectivity index (χ3v) is 5.70. The van der Waals surface area contributed by atoms with Gasteiger partial charge in [0.1, 0.15) is 17.5 Å². The summed E-state index contributed by atoms with van der Waals surface area (Å²) in [5, 5.41) is 10.1. The first-order chi connectivity index (χ1) is 12.8. The van der Waals surface area contributed by atoms with Crippen molar-refractivity contribution in [1.82, 2.24) is 19.5 Å². The summed E-state index contributed by atoms with van der Waals surface area (Å²) >= 11 is 1.50. The third kappa shape index (κ3) is 2.44. The zero-order chi connectivity index (χ0) is 17.7. The molecule has 0 bridgehead atoms. The Kier molecular flexibility index (Phi) is 3.61. The topological polar surface area (TPSA) is 70.6 Å². The van der Waals surface area contributed by atoms with Gasteiger partial charge in [0.2, 0.25) is 0 Å². The van der Waals surface area contributed by atoms with Crippen LogP contribution in [0, 0.1) is 11.3 Å². The lowest BCUT2D eigenvalue weighted by atomic mass is 10.1. The van der Waals surface area contributed by atoms with E-state index in [0.717, 1.165) is 24.4 Å². The summed E-state index contributed by atoms with van der Waals surface area (Å²) in [5.41, 5.74) is 2.84. The smallest absolute Gasteiger partial charge is 0.189 e. The molecule has 2 aromatic heterocycles. The number of para-hydroxylation sites is 2. The standard InChI is InChI=1S/C19H18N6S/c1-26-19-21-9-13(8-20)17(23-19)24-10-14(11-24)25-16-5-3-2-4-15(16)22-18(25)12-6-7-12/h2-5,9,12,14H,6-7,10-11H2,1H3. The van der Waals surface area contributed by atoms with Gasteiger partial charge in [-0.15, -0.1) is 0 Å². The maximum absolute atomic E-state index is 9.39. The zero-order valence-corrected chi connectivity index (χ0v) is 15.3. The van der Waals surface area contributed by atoms with Gasteiger partial charge in [-0.05, 0) is 31.2 Å². The number of nitriles is 1. The fourth-order valence-electron chi connectivity index (χ4n) is 3.64. The monoisotopic (exact) mass is 362 g/mol. The van der Waals surface area contributed by atoms with Gasteiger partial charge in [-0.25, -0.2) is 15.0 Å². The van der Waals surface area contributed by atoms with Crippen molar-refractivity contribution < 1.29 is 0 Å². The molecule has 1 saturated heterocycles. The summed E-state index contributed by atoms with van der Waals surface area (Å²) in [6, 6.07) is 11.0. The highest BCUT2D eigenvalue weighted by atomic mass is 32.2. The number of nitrogens with zero attached hydrogens (tertiary/aromatic N) is 6. The molecule has 130 valence electrons. The predicted octanol–water partition coefficient (Wildman–Crippen LogP) is 3.36. The molecule has 1 saturated carbocycles. The zero-order valence-electron chi connectivity index (χ0n) is 14.5. The molecule has 7 heteroatoms. The molecule has 5 rings (SSSR count). The molecule has 3 heterocycles. The minimum atomic E-state index is 0.372. The average Bonchev–Trinajstić information content (AvgIpc) is 3.42. The molecule has 0 amide bonds. The summed E-state index contributed by atoms with van der Waals surface area (Å²) in [7, 11) is 0. The Morgan fingerprint density at radius 3 is 2.73 bits per heavy atom. The molecule has 26 heavy (non-hydrogen) atoms. The van der Waals surface area contributed by atoms with Crippen LogP contribution in [0.1, 0.15) is 36.2 Å². The average molecular weight is 362 g/mol. The van der Waals surface area contributed by atoms with Crippen LogP contribution >= 0.6 is 11.8 Å². The van der Waals surface area contributed by atoms with Crippen molar-refractivity contribution in [2.24, 2.45) is 0 Å². The summed E-state index contributed by atoms with van der Waals surface area (Å²) in [6.07, 6.45) is 6.05. The van der Waals surface area contributed by atoms with E-state index in [1.54, 1.807) is 6.20 Å². The van der Waals surface area contributed by atoms with Gasteiger partial charge >= 0.3 is 0 Å². The lowest BCUT2D eigenvalue weighted by Gasteiger charge is -2.42. The number of imidazole rings is 1. The molecule has 0 N–H and O–H groups in total. The van der Waals surface area contributed by atoms with Gasteiger partial charge in [0.15, 0.2) is 11.0 Å². The molecule has 3 aromatic rings. The molecule has 2 aliphatic rings. The molecule has 2 fully saturated rings. The first-order valence-corrected chi connectivity index (χ1v) is 10.0. The summed E-state index contributed by atoms with van der Waals surface area (Å²) < 4.78 is 2.42. The SMILES string of the molecule is CSc1ncc(C#N)c(N2CC(n3c(C4CC4)nc4ccccc43)C2)n1. The summed E-state index contributed by atoms with van der Waals surface area (Å²) in [5.74, 6) is 2.58. The Bertz CT molecular complexity index is 1030. The van der Waals surface area contributed by atoms with Crippen molar-refractivity contribution in [3.8, 4) is 6.07 Å². The van der Waals surface area contributed by atoms with Crippen LogP contribution in [-0.2, 0) is 0 Å². The Labute approximate surface area is 155 Å². The fraction of sp³-hybridized carbons (Fsp3) is 0.368. The van der Waals surface area contributed by atoms with Crippen LogP contribution in [0.4, 0.5) is 5.82 Å². The van der Waals surface area contributed by atoms with Gasteiger partial charge in [-0.3, -0.25) is 0 Å². The third-order valence-electron chi connectivity index (χ3n) is 5.14. The molecule has 0 atom stereocenters. The van der Waals surface area contributed by atoms with Gasteiger partial charge in [0.25, 0.3) is 0 Å². The van der Waals surface area contributed by atoms with E-state index in [1.807, 2.05) is 12.3 Å². The minimum absolute atomic E-state index is 0.372. The van der Waals surface area contributed by atoms with Gasteiger partial charge in [0, 0.05) is 19.0 Å². The number of anilines is 1. The Morgan fingerprint density at radius 2 is 2.00 bits per heavy atom. The van der Waals surface area contributed by atoms with Crippen molar-refractivity contribution in [2.45, 2.75) is 30.0 Å². The normalized spacial score (nSPS) is 17.3. The maximum atomic E-state index is 9.39.